The average molecular weight is 517 g/mol. The number of aromatic nitrogens is 4. The molecule has 1 amide bonds. The molecular weight excluding hydrogens is 502 g/mol. The average Bonchev–Trinajstić information content (AvgIpc) is 3.34. The molecule has 0 saturated carbocycles. The van der Waals surface area contributed by atoms with E-state index < -0.39 is 0 Å². The van der Waals surface area contributed by atoms with E-state index in [1.54, 1.807) is 21.4 Å². The third kappa shape index (κ3) is 3.88. The summed E-state index contributed by atoms with van der Waals surface area (Å²) in [5, 5.41) is 8.86. The summed E-state index contributed by atoms with van der Waals surface area (Å²) in [5.74, 6) is 0.454. The van der Waals surface area contributed by atoms with Gasteiger partial charge in [-0.1, -0.05) is 45.4 Å². The summed E-state index contributed by atoms with van der Waals surface area (Å²) < 4.78 is 4.12. The van der Waals surface area contributed by atoms with Crippen LogP contribution in [0.1, 0.15) is 12.5 Å². The fraction of sp³-hybridized carbons (Fsp3) is 0.143. The van der Waals surface area contributed by atoms with Gasteiger partial charge in [0.1, 0.15) is 5.39 Å². The first-order valence-corrected chi connectivity index (χ1v) is 11.6. The largest absolute Gasteiger partial charge is 0.326 e. The molecule has 3 heterocycles. The Balaban J connectivity index is 1.44. The van der Waals surface area contributed by atoms with Gasteiger partial charge in [0.2, 0.25) is 5.91 Å². The van der Waals surface area contributed by atoms with E-state index in [-0.39, 0.29) is 23.9 Å². The molecule has 1 atom stereocenters. The number of fused-ring (bicyclic) bond motifs is 2. The minimum absolute atomic E-state index is 0.152. The molecule has 1 aliphatic heterocycles. The van der Waals surface area contributed by atoms with Gasteiger partial charge in [-0.25, -0.2) is 9.67 Å². The van der Waals surface area contributed by atoms with Crippen LogP contribution in [0.3, 0.4) is 0 Å². The molecule has 31 heavy (non-hydrogen) atoms. The van der Waals surface area contributed by atoms with Gasteiger partial charge in [0.15, 0.2) is 10.8 Å². The number of rotatable bonds is 4. The quantitative estimate of drug-likeness (QED) is 0.399. The third-order valence-corrected chi connectivity index (χ3v) is 6.81. The highest BCUT2D eigenvalue weighted by Gasteiger charge is 2.29. The number of carbonyl (C=O) groups excluding carboxylic acids is 1. The molecule has 0 spiro atoms. The van der Waals surface area contributed by atoms with Crippen molar-refractivity contribution in [3.8, 4) is 5.69 Å². The summed E-state index contributed by atoms with van der Waals surface area (Å²) in [6, 6.07) is 14.3. The van der Waals surface area contributed by atoms with Crippen molar-refractivity contribution in [3.63, 3.8) is 0 Å². The van der Waals surface area contributed by atoms with Crippen molar-refractivity contribution in [1.29, 1.82) is 0 Å². The number of anilines is 1. The van der Waals surface area contributed by atoms with Crippen LogP contribution in [-0.2, 0) is 4.79 Å². The summed E-state index contributed by atoms with van der Waals surface area (Å²) in [6.45, 7) is 0. The summed E-state index contributed by atoms with van der Waals surface area (Å²) in [4.78, 5) is 30.5. The van der Waals surface area contributed by atoms with Crippen molar-refractivity contribution in [1.82, 2.24) is 19.3 Å². The first kappa shape index (κ1) is 20.3. The molecule has 1 N–H and O–H groups in total. The van der Waals surface area contributed by atoms with E-state index in [0.717, 1.165) is 10.2 Å². The molecule has 5 rings (SSSR count). The van der Waals surface area contributed by atoms with Crippen LogP contribution in [0.4, 0.5) is 5.69 Å². The van der Waals surface area contributed by atoms with Crippen LogP contribution in [-0.4, -0.2) is 31.0 Å². The van der Waals surface area contributed by atoms with Crippen molar-refractivity contribution in [2.75, 3.05) is 11.1 Å². The Morgan fingerprint density at radius 1 is 1.26 bits per heavy atom. The normalized spacial score (nSPS) is 15.2. The predicted octanol–water partition coefficient (Wildman–Crippen LogP) is 4.67. The van der Waals surface area contributed by atoms with Gasteiger partial charge in [-0.15, -0.1) is 0 Å². The van der Waals surface area contributed by atoms with E-state index >= 15 is 0 Å². The van der Waals surface area contributed by atoms with Crippen LogP contribution in [0.5, 0.6) is 0 Å². The van der Waals surface area contributed by atoms with E-state index in [0.29, 0.717) is 32.7 Å². The zero-order chi connectivity index (χ0) is 21.5. The number of thioether (sulfide) groups is 1. The van der Waals surface area contributed by atoms with Gasteiger partial charge >= 0.3 is 0 Å². The van der Waals surface area contributed by atoms with Crippen molar-refractivity contribution in [2.45, 2.75) is 17.6 Å². The zero-order valence-electron chi connectivity index (χ0n) is 16.0. The van der Waals surface area contributed by atoms with Crippen LogP contribution in [0.2, 0.25) is 5.02 Å². The molecule has 0 saturated heterocycles. The van der Waals surface area contributed by atoms with Gasteiger partial charge in [-0.05, 0) is 42.5 Å². The predicted molar refractivity (Wildman–Crippen MR) is 125 cm³/mol. The van der Waals surface area contributed by atoms with E-state index in [1.165, 1.54) is 18.0 Å². The van der Waals surface area contributed by atoms with Gasteiger partial charge < -0.3 is 5.32 Å². The number of nitrogens with one attached hydrogen (secondary N) is 1. The lowest BCUT2D eigenvalue weighted by atomic mass is 10.2. The Morgan fingerprint density at radius 2 is 2.06 bits per heavy atom. The number of hydrogen-bond acceptors (Lipinski definition) is 5. The molecular formula is C21H15BrClN5O2S. The van der Waals surface area contributed by atoms with Gasteiger partial charge in [0, 0.05) is 27.4 Å². The Kier molecular flexibility index (Phi) is 5.33. The molecule has 7 nitrogen and oxygen atoms in total. The highest BCUT2D eigenvalue weighted by atomic mass is 79.9. The molecule has 0 radical (unpaired) electrons. The maximum atomic E-state index is 13.2. The first-order valence-electron chi connectivity index (χ1n) is 9.44. The van der Waals surface area contributed by atoms with Gasteiger partial charge in [0.05, 0.1) is 17.9 Å². The maximum absolute atomic E-state index is 13.2. The van der Waals surface area contributed by atoms with Crippen LogP contribution in [0.25, 0.3) is 16.7 Å². The molecule has 0 bridgehead atoms. The Morgan fingerprint density at radius 3 is 2.84 bits per heavy atom. The molecule has 4 aromatic rings. The number of nitrogens with zero attached hydrogens (tertiary/aromatic N) is 4. The van der Waals surface area contributed by atoms with E-state index in [1.807, 2.05) is 36.4 Å². The second-order valence-electron chi connectivity index (χ2n) is 7.07. The number of hydrogen-bond donors (Lipinski definition) is 1. The highest BCUT2D eigenvalue weighted by Crippen LogP contribution is 2.33. The van der Waals surface area contributed by atoms with Crippen LogP contribution in [0.15, 0.2) is 69.2 Å². The fourth-order valence-electron chi connectivity index (χ4n) is 3.54. The maximum Gasteiger partial charge on any atom is 0.265 e. The standard InChI is InChI=1S/C21H15BrClN5O2S/c22-12-2-1-3-14(8-12)25-18(29)9-16-11-31-21-26-19-17(20(30)27(16)21)10-24-28(19)15-6-4-13(23)5-7-15/h1-8,10,16H,9,11H2,(H,25,29). The van der Waals surface area contributed by atoms with E-state index in [2.05, 4.69) is 31.3 Å². The molecule has 2 aromatic heterocycles. The van der Waals surface area contributed by atoms with Crippen molar-refractivity contribution in [3.05, 3.63) is 74.6 Å². The second-order valence-corrected chi connectivity index (χ2v) is 9.41. The lowest BCUT2D eigenvalue weighted by molar-refractivity contribution is -0.116. The van der Waals surface area contributed by atoms with Crippen molar-refractivity contribution >= 4 is 61.9 Å². The Bertz CT molecular complexity index is 1370. The minimum atomic E-state index is -0.268. The Labute approximate surface area is 194 Å². The van der Waals surface area contributed by atoms with E-state index in [4.69, 9.17) is 11.6 Å². The second kappa shape index (κ2) is 8.14. The number of halogens is 2. The van der Waals surface area contributed by atoms with Crippen molar-refractivity contribution < 1.29 is 4.79 Å². The molecule has 0 fully saturated rings. The zero-order valence-corrected chi connectivity index (χ0v) is 19.1. The number of carbonyl (C=O) groups is 1. The highest BCUT2D eigenvalue weighted by molar-refractivity contribution is 9.10. The number of benzene rings is 2. The lowest BCUT2D eigenvalue weighted by Crippen LogP contribution is -2.27. The Hall–Kier alpha value is -2.62. The molecule has 0 aliphatic carbocycles. The van der Waals surface area contributed by atoms with Gasteiger partial charge in [-0.2, -0.15) is 5.10 Å². The molecule has 10 heteroatoms. The minimum Gasteiger partial charge on any atom is -0.326 e. The summed E-state index contributed by atoms with van der Waals surface area (Å²) in [6.07, 6.45) is 1.71. The first-order chi connectivity index (χ1) is 15.0. The van der Waals surface area contributed by atoms with Crippen LogP contribution < -0.4 is 10.9 Å². The molecule has 2 aromatic carbocycles. The SMILES string of the molecule is O=C(CC1CSc2nc3c(cnn3-c3ccc(Cl)cc3)c(=O)n21)Nc1cccc(Br)c1. The monoisotopic (exact) mass is 515 g/mol. The van der Waals surface area contributed by atoms with Crippen LogP contribution >= 0.6 is 39.3 Å². The smallest absolute Gasteiger partial charge is 0.265 e. The van der Waals surface area contributed by atoms with Gasteiger partial charge in [0.25, 0.3) is 5.56 Å². The summed E-state index contributed by atoms with van der Waals surface area (Å²) in [7, 11) is 0. The fourth-order valence-corrected chi connectivity index (χ4v) is 5.20. The van der Waals surface area contributed by atoms with Gasteiger partial charge in [-0.3, -0.25) is 14.2 Å². The molecule has 1 unspecified atom stereocenters. The third-order valence-electron chi connectivity index (χ3n) is 4.97. The van der Waals surface area contributed by atoms with E-state index in [9.17, 15) is 9.59 Å². The summed E-state index contributed by atoms with van der Waals surface area (Å²) in [5.41, 5.74) is 1.77. The lowest BCUT2D eigenvalue weighted by Gasteiger charge is -2.13. The van der Waals surface area contributed by atoms with Crippen LogP contribution in [0, 0.1) is 0 Å². The topological polar surface area (TPSA) is 81.8 Å². The van der Waals surface area contributed by atoms with Crippen molar-refractivity contribution in [2.24, 2.45) is 0 Å². The molecule has 156 valence electrons. The number of amides is 1. The summed E-state index contributed by atoms with van der Waals surface area (Å²) >= 11 is 10.8. The molecule has 1 aliphatic rings.